The molecule has 4 heterocycles. The van der Waals surface area contributed by atoms with Gasteiger partial charge in [-0.25, -0.2) is 23.7 Å². The van der Waals surface area contributed by atoms with Gasteiger partial charge in [-0.1, -0.05) is 6.07 Å². The van der Waals surface area contributed by atoms with E-state index in [-0.39, 0.29) is 18.8 Å². The summed E-state index contributed by atoms with van der Waals surface area (Å²) in [5.74, 6) is -0.755. The smallest absolute Gasteiger partial charge is 0.275 e. The number of imidazole rings is 1. The summed E-state index contributed by atoms with van der Waals surface area (Å²) in [5, 5.41) is 12.8. The van der Waals surface area contributed by atoms with Gasteiger partial charge in [0.2, 0.25) is 5.91 Å². The number of nitrogens with zero attached hydrogens (tertiary/aromatic N) is 6. The van der Waals surface area contributed by atoms with Gasteiger partial charge in [0.25, 0.3) is 0 Å². The molecular weight excluding hydrogens is 401 g/mol. The molecule has 1 saturated heterocycles. The summed E-state index contributed by atoms with van der Waals surface area (Å²) in [6.07, 6.45) is 3.56. The topological polar surface area (TPSA) is 105 Å². The Bertz CT molecular complexity index is 1400. The molecule has 0 saturated carbocycles. The number of benzene rings is 1. The largest absolute Gasteiger partial charge is 0.345 e. The first-order chi connectivity index (χ1) is 15.0. The van der Waals surface area contributed by atoms with Gasteiger partial charge in [-0.15, -0.1) is 0 Å². The number of aromatic nitrogens is 4. The van der Waals surface area contributed by atoms with E-state index < -0.39 is 11.9 Å². The summed E-state index contributed by atoms with van der Waals surface area (Å²) in [6, 6.07) is 9.80. The van der Waals surface area contributed by atoms with Gasteiger partial charge in [0.15, 0.2) is 5.65 Å². The number of carbonyl (C=O) groups is 2. The summed E-state index contributed by atoms with van der Waals surface area (Å²) >= 11 is 0. The summed E-state index contributed by atoms with van der Waals surface area (Å²) in [6.45, 7) is 1.56. The molecular formula is C21H16FN7O2. The standard InChI is InChI=1S/C21H16FN7O2/c1-12(26-28-11-20(30)25-21(28)31)17-4-5-19-24-10-15(29(19)27-17)8-14-7-13-3-2-6-23-18(13)9-16(14)22/h2-7,9-10H,8,11H2,1H3,(H,25,30,31)/b26-12-. The van der Waals surface area contributed by atoms with Crippen molar-refractivity contribution in [3.8, 4) is 0 Å². The lowest BCUT2D eigenvalue weighted by Crippen LogP contribution is -2.25. The Labute approximate surface area is 175 Å². The molecule has 5 rings (SSSR count). The van der Waals surface area contributed by atoms with Crippen molar-refractivity contribution in [2.45, 2.75) is 13.3 Å². The maximum atomic E-state index is 14.6. The van der Waals surface area contributed by atoms with Crippen molar-refractivity contribution in [2.75, 3.05) is 6.54 Å². The lowest BCUT2D eigenvalue weighted by Gasteiger charge is -2.09. The van der Waals surface area contributed by atoms with Gasteiger partial charge < -0.3 is 0 Å². The van der Waals surface area contributed by atoms with Crippen LogP contribution in [0.15, 0.2) is 53.9 Å². The van der Waals surface area contributed by atoms with Crippen molar-refractivity contribution in [2.24, 2.45) is 5.10 Å². The van der Waals surface area contributed by atoms with E-state index in [1.807, 2.05) is 12.1 Å². The van der Waals surface area contributed by atoms with Crippen LogP contribution in [0, 0.1) is 5.82 Å². The summed E-state index contributed by atoms with van der Waals surface area (Å²) in [4.78, 5) is 31.6. The average Bonchev–Trinajstić information content (AvgIpc) is 3.30. The number of imide groups is 1. The van der Waals surface area contributed by atoms with Gasteiger partial charge in [0, 0.05) is 24.1 Å². The van der Waals surface area contributed by atoms with Crippen molar-refractivity contribution >= 4 is 34.2 Å². The molecule has 1 aliphatic heterocycles. The summed E-state index contributed by atoms with van der Waals surface area (Å²) in [5.41, 5.74) is 3.35. The van der Waals surface area contributed by atoms with Crippen LogP contribution >= 0.6 is 0 Å². The van der Waals surface area contributed by atoms with E-state index in [1.165, 1.54) is 6.07 Å². The molecule has 0 atom stereocenters. The van der Waals surface area contributed by atoms with Crippen LogP contribution in [0.1, 0.15) is 23.9 Å². The summed E-state index contributed by atoms with van der Waals surface area (Å²) in [7, 11) is 0. The first-order valence-corrected chi connectivity index (χ1v) is 9.52. The third-order valence-corrected chi connectivity index (χ3v) is 4.99. The van der Waals surface area contributed by atoms with Gasteiger partial charge in [0.1, 0.15) is 18.1 Å². The highest BCUT2D eigenvalue weighted by Crippen LogP contribution is 2.20. The van der Waals surface area contributed by atoms with E-state index in [0.29, 0.717) is 33.8 Å². The molecule has 4 aromatic rings. The molecule has 1 N–H and O–H groups in total. The average molecular weight is 417 g/mol. The highest BCUT2D eigenvalue weighted by molar-refractivity contribution is 6.03. The van der Waals surface area contributed by atoms with Crippen LogP contribution in [0.2, 0.25) is 0 Å². The van der Waals surface area contributed by atoms with Crippen molar-refractivity contribution in [3.63, 3.8) is 0 Å². The minimum Gasteiger partial charge on any atom is -0.275 e. The van der Waals surface area contributed by atoms with E-state index in [2.05, 4.69) is 25.5 Å². The van der Waals surface area contributed by atoms with Crippen LogP contribution in [-0.2, 0) is 11.2 Å². The predicted octanol–water partition coefficient (Wildman–Crippen LogP) is 2.28. The van der Waals surface area contributed by atoms with Crippen LogP contribution in [0.25, 0.3) is 16.6 Å². The van der Waals surface area contributed by atoms with Gasteiger partial charge in [0.05, 0.1) is 23.1 Å². The third-order valence-electron chi connectivity index (χ3n) is 4.99. The van der Waals surface area contributed by atoms with E-state index >= 15 is 0 Å². The zero-order valence-corrected chi connectivity index (χ0v) is 16.4. The minimum absolute atomic E-state index is 0.134. The number of carbonyl (C=O) groups excluding carboxylic acids is 2. The number of rotatable bonds is 4. The molecule has 154 valence electrons. The molecule has 0 radical (unpaired) electrons. The Hall–Kier alpha value is -4.21. The number of hydrogen-bond donors (Lipinski definition) is 1. The normalized spacial score (nSPS) is 14.6. The van der Waals surface area contributed by atoms with Crippen molar-refractivity contribution in [3.05, 3.63) is 71.6 Å². The number of halogens is 1. The van der Waals surface area contributed by atoms with Gasteiger partial charge in [-0.3, -0.25) is 15.1 Å². The van der Waals surface area contributed by atoms with E-state index in [1.54, 1.807) is 42.0 Å². The molecule has 3 amide bonds. The molecule has 0 bridgehead atoms. The molecule has 3 aromatic heterocycles. The van der Waals surface area contributed by atoms with Crippen molar-refractivity contribution in [1.82, 2.24) is 29.9 Å². The number of nitrogens with one attached hydrogen (secondary N) is 1. The van der Waals surface area contributed by atoms with Crippen LogP contribution < -0.4 is 5.32 Å². The van der Waals surface area contributed by atoms with Gasteiger partial charge in [-0.2, -0.15) is 10.2 Å². The lowest BCUT2D eigenvalue weighted by molar-refractivity contribution is -0.118. The van der Waals surface area contributed by atoms with Gasteiger partial charge >= 0.3 is 6.03 Å². The molecule has 9 nitrogen and oxygen atoms in total. The monoisotopic (exact) mass is 417 g/mol. The van der Waals surface area contributed by atoms with Crippen molar-refractivity contribution in [1.29, 1.82) is 0 Å². The maximum Gasteiger partial charge on any atom is 0.345 e. The Balaban J connectivity index is 1.49. The molecule has 1 aromatic carbocycles. The molecule has 31 heavy (non-hydrogen) atoms. The fraction of sp³-hybridized carbons (Fsp3) is 0.143. The second kappa shape index (κ2) is 7.24. The van der Waals surface area contributed by atoms with E-state index in [4.69, 9.17) is 0 Å². The van der Waals surface area contributed by atoms with Crippen molar-refractivity contribution < 1.29 is 14.0 Å². The quantitative estimate of drug-likeness (QED) is 0.405. The molecule has 1 aliphatic rings. The number of hydrazone groups is 1. The van der Waals surface area contributed by atoms with Crippen LogP contribution in [0.5, 0.6) is 0 Å². The second-order valence-corrected chi connectivity index (χ2v) is 7.15. The van der Waals surface area contributed by atoms with Crippen LogP contribution in [0.3, 0.4) is 0 Å². The second-order valence-electron chi connectivity index (χ2n) is 7.15. The molecule has 0 unspecified atom stereocenters. The SMILES string of the molecule is C/C(=N/N1CC(=O)NC1=O)c1ccc2ncc(Cc3cc4cccnc4cc3F)n2n1. The van der Waals surface area contributed by atoms with Crippen LogP contribution in [0.4, 0.5) is 9.18 Å². The predicted molar refractivity (Wildman–Crippen MR) is 110 cm³/mol. The van der Waals surface area contributed by atoms with E-state index in [9.17, 15) is 14.0 Å². The van der Waals surface area contributed by atoms with Crippen LogP contribution in [-0.4, -0.2) is 48.8 Å². The number of pyridine rings is 1. The first-order valence-electron chi connectivity index (χ1n) is 9.52. The number of fused-ring (bicyclic) bond motifs is 2. The Morgan fingerprint density at radius 1 is 1.23 bits per heavy atom. The summed E-state index contributed by atoms with van der Waals surface area (Å²) < 4.78 is 16.3. The maximum absolute atomic E-state index is 14.6. The fourth-order valence-corrected chi connectivity index (χ4v) is 3.45. The molecule has 0 aliphatic carbocycles. The minimum atomic E-state index is -0.574. The highest BCUT2D eigenvalue weighted by Gasteiger charge is 2.26. The number of urea groups is 1. The number of amides is 3. The number of hydrogen-bond acceptors (Lipinski definition) is 6. The Morgan fingerprint density at radius 3 is 2.90 bits per heavy atom. The molecule has 10 heteroatoms. The lowest BCUT2D eigenvalue weighted by atomic mass is 10.1. The first kappa shape index (κ1) is 18.8. The van der Waals surface area contributed by atoms with Gasteiger partial charge in [-0.05, 0) is 36.8 Å². The Kier molecular flexibility index (Phi) is 4.39. The Morgan fingerprint density at radius 2 is 2.10 bits per heavy atom. The highest BCUT2D eigenvalue weighted by atomic mass is 19.1. The third kappa shape index (κ3) is 3.48. The fourth-order valence-electron chi connectivity index (χ4n) is 3.45. The zero-order valence-electron chi connectivity index (χ0n) is 16.4. The molecule has 0 spiro atoms. The zero-order chi connectivity index (χ0) is 21.5. The van der Waals surface area contributed by atoms with E-state index in [0.717, 1.165) is 10.4 Å². The molecule has 1 fully saturated rings.